The van der Waals surface area contributed by atoms with Gasteiger partial charge in [-0.1, -0.05) is 11.6 Å². The monoisotopic (exact) mass is 305 g/mol. The minimum Gasteiger partial charge on any atom is -0.478 e. The largest absolute Gasteiger partial charge is 0.478 e. The Kier molecular flexibility index (Phi) is 3.03. The molecular weight excluding hydrogens is 298 g/mol. The van der Waals surface area contributed by atoms with Gasteiger partial charge in [0.05, 0.1) is 24.1 Å². The fourth-order valence-corrected chi connectivity index (χ4v) is 2.39. The van der Waals surface area contributed by atoms with Gasteiger partial charge in [0.1, 0.15) is 11.3 Å². The number of furan rings is 1. The molecule has 0 spiro atoms. The van der Waals surface area contributed by atoms with Gasteiger partial charge in [0.25, 0.3) is 11.7 Å². The number of hydrogen-bond acceptors (Lipinski definition) is 4. The number of ketones is 1. The normalized spacial score (nSPS) is 13.7. The van der Waals surface area contributed by atoms with E-state index < -0.39 is 17.7 Å². The lowest BCUT2D eigenvalue weighted by Crippen LogP contribution is -2.29. The van der Waals surface area contributed by atoms with Crippen LogP contribution in [0.15, 0.2) is 34.9 Å². The van der Waals surface area contributed by atoms with Crippen LogP contribution >= 0.6 is 11.6 Å². The van der Waals surface area contributed by atoms with Crippen molar-refractivity contribution in [2.75, 3.05) is 4.90 Å². The molecule has 0 aliphatic carbocycles. The summed E-state index contributed by atoms with van der Waals surface area (Å²) in [4.78, 5) is 36.1. The number of nitrogens with zero attached hydrogens (tertiary/aromatic N) is 1. The number of carboxylic acids is 1. The number of aromatic carboxylic acids is 1. The van der Waals surface area contributed by atoms with Crippen LogP contribution in [0, 0.1) is 0 Å². The zero-order valence-corrected chi connectivity index (χ0v) is 11.3. The minimum atomic E-state index is -1.16. The van der Waals surface area contributed by atoms with Gasteiger partial charge in [-0.15, -0.1) is 0 Å². The lowest BCUT2D eigenvalue weighted by atomic mass is 10.1. The second-order valence-electron chi connectivity index (χ2n) is 4.44. The molecule has 0 unspecified atom stereocenters. The molecule has 1 aromatic carbocycles. The fraction of sp³-hybridized carbons (Fsp3) is 0.0714. The van der Waals surface area contributed by atoms with E-state index in [0.717, 1.165) is 4.90 Å². The van der Waals surface area contributed by atoms with E-state index in [-0.39, 0.29) is 23.4 Å². The Bertz CT molecular complexity index is 779. The fourth-order valence-electron chi connectivity index (χ4n) is 2.22. The molecule has 0 saturated heterocycles. The summed E-state index contributed by atoms with van der Waals surface area (Å²) in [5.74, 6) is -2.45. The maximum atomic E-state index is 12.0. The van der Waals surface area contributed by atoms with E-state index in [1.807, 2.05) is 0 Å². The summed E-state index contributed by atoms with van der Waals surface area (Å²) in [5, 5.41) is 9.41. The summed E-state index contributed by atoms with van der Waals surface area (Å²) in [5.41, 5.74) is 0.545. The van der Waals surface area contributed by atoms with E-state index in [1.165, 1.54) is 30.5 Å². The molecule has 0 atom stereocenters. The van der Waals surface area contributed by atoms with E-state index in [4.69, 9.17) is 21.1 Å². The number of carboxylic acid groups (broad SMARTS) is 1. The van der Waals surface area contributed by atoms with Gasteiger partial charge in [-0.2, -0.15) is 0 Å². The quantitative estimate of drug-likeness (QED) is 0.879. The highest BCUT2D eigenvalue weighted by molar-refractivity contribution is 6.52. The summed E-state index contributed by atoms with van der Waals surface area (Å²) in [6.07, 6.45) is 1.22. The predicted octanol–water partition coefficient (Wildman–Crippen LogP) is 2.36. The third-order valence-electron chi connectivity index (χ3n) is 3.21. The molecule has 6 nitrogen and oxygen atoms in total. The van der Waals surface area contributed by atoms with Crippen molar-refractivity contribution in [2.45, 2.75) is 6.54 Å². The zero-order chi connectivity index (χ0) is 15.1. The van der Waals surface area contributed by atoms with Gasteiger partial charge in [-0.3, -0.25) is 14.5 Å². The number of Topliss-reactive ketones (excluding diaryl/α,β-unsaturated/α-hetero) is 1. The van der Waals surface area contributed by atoms with Crippen LogP contribution in [-0.2, 0) is 11.3 Å². The number of benzene rings is 1. The number of hydrogen-bond donors (Lipinski definition) is 1. The van der Waals surface area contributed by atoms with Gasteiger partial charge in [-0.25, -0.2) is 4.79 Å². The number of amides is 1. The maximum Gasteiger partial charge on any atom is 0.339 e. The van der Waals surface area contributed by atoms with Gasteiger partial charge in [-0.05, 0) is 24.3 Å². The standard InChI is InChI=1S/C14H8ClNO5/c15-7-1-2-8-10(5-7)16(13(18)12(8)17)6-11-9(14(19)20)3-4-21-11/h1-5H,6H2,(H,19,20). The zero-order valence-electron chi connectivity index (χ0n) is 10.5. The first kappa shape index (κ1) is 13.4. The van der Waals surface area contributed by atoms with Crippen molar-refractivity contribution in [1.82, 2.24) is 0 Å². The van der Waals surface area contributed by atoms with Crippen molar-refractivity contribution in [1.29, 1.82) is 0 Å². The summed E-state index contributed by atoms with van der Waals surface area (Å²) in [6.45, 7) is -0.146. The molecule has 1 aliphatic rings. The van der Waals surface area contributed by atoms with Crippen LogP contribution in [0.2, 0.25) is 5.02 Å². The van der Waals surface area contributed by atoms with Gasteiger partial charge in [0, 0.05) is 5.02 Å². The van der Waals surface area contributed by atoms with Gasteiger partial charge < -0.3 is 9.52 Å². The molecule has 21 heavy (non-hydrogen) atoms. The Morgan fingerprint density at radius 2 is 2.05 bits per heavy atom. The lowest BCUT2D eigenvalue weighted by molar-refractivity contribution is -0.114. The number of carbonyl (C=O) groups is 3. The summed E-state index contributed by atoms with van der Waals surface area (Å²) in [6, 6.07) is 5.77. The highest BCUT2D eigenvalue weighted by Crippen LogP contribution is 2.33. The van der Waals surface area contributed by atoms with E-state index in [2.05, 4.69) is 0 Å². The minimum absolute atomic E-state index is 0.0503. The third-order valence-corrected chi connectivity index (χ3v) is 3.45. The van der Waals surface area contributed by atoms with Crippen LogP contribution in [0.1, 0.15) is 26.5 Å². The van der Waals surface area contributed by atoms with Crippen molar-refractivity contribution in [3.05, 3.63) is 52.4 Å². The average molecular weight is 306 g/mol. The van der Waals surface area contributed by atoms with E-state index in [0.29, 0.717) is 10.7 Å². The van der Waals surface area contributed by atoms with Crippen molar-refractivity contribution < 1.29 is 23.9 Å². The Hall–Kier alpha value is -2.60. The number of carbonyl (C=O) groups excluding carboxylic acids is 2. The van der Waals surface area contributed by atoms with Gasteiger partial charge in [0.15, 0.2) is 0 Å². The highest BCUT2D eigenvalue weighted by atomic mass is 35.5. The van der Waals surface area contributed by atoms with Crippen molar-refractivity contribution in [3.63, 3.8) is 0 Å². The molecular formula is C14H8ClNO5. The molecule has 1 amide bonds. The highest BCUT2D eigenvalue weighted by Gasteiger charge is 2.37. The van der Waals surface area contributed by atoms with Gasteiger partial charge in [0.2, 0.25) is 0 Å². The van der Waals surface area contributed by atoms with Crippen molar-refractivity contribution in [2.24, 2.45) is 0 Å². The van der Waals surface area contributed by atoms with Crippen LogP contribution in [0.5, 0.6) is 0 Å². The summed E-state index contributed by atoms with van der Waals surface area (Å²) >= 11 is 5.88. The smallest absolute Gasteiger partial charge is 0.339 e. The van der Waals surface area contributed by atoms with Crippen LogP contribution < -0.4 is 4.90 Å². The Balaban J connectivity index is 2.02. The summed E-state index contributed by atoms with van der Waals surface area (Å²) in [7, 11) is 0. The second-order valence-corrected chi connectivity index (χ2v) is 4.88. The molecule has 1 aliphatic heterocycles. The first-order valence-electron chi connectivity index (χ1n) is 5.94. The van der Waals surface area contributed by atoms with E-state index >= 15 is 0 Å². The van der Waals surface area contributed by atoms with Crippen LogP contribution in [0.25, 0.3) is 0 Å². The molecule has 0 radical (unpaired) electrons. The van der Waals surface area contributed by atoms with Crippen molar-refractivity contribution in [3.8, 4) is 0 Å². The summed E-state index contributed by atoms with van der Waals surface area (Å²) < 4.78 is 5.10. The molecule has 1 aromatic heterocycles. The van der Waals surface area contributed by atoms with Crippen LogP contribution in [0.3, 0.4) is 0 Å². The molecule has 0 fully saturated rings. The maximum absolute atomic E-state index is 12.0. The second kappa shape index (κ2) is 4.75. The number of halogens is 1. The topological polar surface area (TPSA) is 87.8 Å². The number of rotatable bonds is 3. The average Bonchev–Trinajstić information content (AvgIpc) is 2.99. The molecule has 0 saturated carbocycles. The van der Waals surface area contributed by atoms with Crippen molar-refractivity contribution >= 4 is 34.9 Å². The number of fused-ring (bicyclic) bond motifs is 1. The number of anilines is 1. The SMILES string of the molecule is O=C1C(=O)N(Cc2occc2C(=O)O)c2cc(Cl)ccc21. The molecule has 106 valence electrons. The first-order valence-corrected chi connectivity index (χ1v) is 6.32. The predicted molar refractivity (Wildman–Crippen MR) is 72.6 cm³/mol. The molecule has 2 aromatic rings. The molecule has 3 rings (SSSR count). The Morgan fingerprint density at radius 1 is 1.29 bits per heavy atom. The first-order chi connectivity index (χ1) is 9.99. The van der Waals surface area contributed by atoms with Crippen LogP contribution in [0.4, 0.5) is 5.69 Å². The molecule has 0 bridgehead atoms. The Labute approximate surface area is 123 Å². The van der Waals surface area contributed by atoms with Gasteiger partial charge >= 0.3 is 5.97 Å². The van der Waals surface area contributed by atoms with E-state index in [1.54, 1.807) is 0 Å². The Morgan fingerprint density at radius 3 is 2.76 bits per heavy atom. The van der Waals surface area contributed by atoms with E-state index in [9.17, 15) is 14.4 Å². The third kappa shape index (κ3) is 2.09. The molecule has 1 N–H and O–H groups in total. The molecule has 2 heterocycles. The molecule has 7 heteroatoms. The lowest BCUT2D eigenvalue weighted by Gasteiger charge is -2.15. The van der Waals surface area contributed by atoms with Crippen LogP contribution in [-0.4, -0.2) is 22.8 Å².